The van der Waals surface area contributed by atoms with Crippen LogP contribution < -0.4 is 0 Å². The van der Waals surface area contributed by atoms with Gasteiger partial charge in [-0.25, -0.2) is 23.1 Å². The van der Waals surface area contributed by atoms with E-state index in [1.807, 2.05) is 0 Å². The monoisotopic (exact) mass is 198 g/mol. The van der Waals surface area contributed by atoms with Crippen molar-refractivity contribution >= 4 is 17.1 Å². The first kappa shape index (κ1) is 8.61. The normalized spacial score (nSPS) is 10.7. The van der Waals surface area contributed by atoms with Crippen molar-refractivity contribution in [1.82, 2.24) is 9.55 Å². The number of hydrogen-bond donors (Lipinski definition) is 1. The van der Waals surface area contributed by atoms with Crippen molar-refractivity contribution in [2.24, 2.45) is 0 Å². The first-order valence-electron chi connectivity index (χ1n) is 3.65. The fourth-order valence-electron chi connectivity index (χ4n) is 1.21. The maximum Gasteiger partial charge on any atom is 0.417 e. The van der Waals surface area contributed by atoms with Gasteiger partial charge in [0.1, 0.15) is 17.7 Å². The molecule has 2 rings (SSSR count). The van der Waals surface area contributed by atoms with Crippen LogP contribution in [0.3, 0.4) is 0 Å². The summed E-state index contributed by atoms with van der Waals surface area (Å²) < 4.78 is 26.4. The van der Waals surface area contributed by atoms with Crippen molar-refractivity contribution < 1.29 is 18.7 Å². The van der Waals surface area contributed by atoms with Gasteiger partial charge < -0.3 is 5.11 Å². The molecule has 1 heterocycles. The minimum atomic E-state index is -1.36. The Labute approximate surface area is 76.4 Å². The van der Waals surface area contributed by atoms with E-state index in [-0.39, 0.29) is 11.0 Å². The molecule has 1 aromatic heterocycles. The fraction of sp³-hybridized carbons (Fsp3) is 0. The lowest BCUT2D eigenvalue weighted by Crippen LogP contribution is -2.06. The second-order valence-electron chi connectivity index (χ2n) is 2.65. The van der Waals surface area contributed by atoms with Gasteiger partial charge >= 0.3 is 6.09 Å². The van der Waals surface area contributed by atoms with Crippen molar-refractivity contribution in [3.05, 3.63) is 30.1 Å². The van der Waals surface area contributed by atoms with E-state index in [9.17, 15) is 13.6 Å². The van der Waals surface area contributed by atoms with Crippen LogP contribution in [0.4, 0.5) is 13.6 Å². The summed E-state index contributed by atoms with van der Waals surface area (Å²) in [7, 11) is 0. The zero-order valence-electron chi connectivity index (χ0n) is 6.74. The van der Waals surface area contributed by atoms with E-state index >= 15 is 0 Å². The van der Waals surface area contributed by atoms with Crippen LogP contribution in [-0.4, -0.2) is 20.8 Å². The van der Waals surface area contributed by atoms with Gasteiger partial charge in [0.2, 0.25) is 0 Å². The average molecular weight is 198 g/mol. The summed E-state index contributed by atoms with van der Waals surface area (Å²) in [6.45, 7) is 0. The molecule has 0 saturated carbocycles. The molecule has 0 unspecified atom stereocenters. The Bertz CT molecular complexity index is 521. The molecule has 0 atom stereocenters. The second-order valence-corrected chi connectivity index (χ2v) is 2.65. The minimum absolute atomic E-state index is 0.0232. The molecule has 0 aliphatic rings. The zero-order chi connectivity index (χ0) is 10.3. The Balaban J connectivity index is 2.85. The Morgan fingerprint density at radius 2 is 2.14 bits per heavy atom. The van der Waals surface area contributed by atoms with Crippen LogP contribution in [0.15, 0.2) is 18.5 Å². The molecule has 2 aromatic rings. The van der Waals surface area contributed by atoms with Crippen LogP contribution in [0.2, 0.25) is 0 Å². The van der Waals surface area contributed by atoms with Gasteiger partial charge in [-0.1, -0.05) is 0 Å². The molecular weight excluding hydrogens is 194 g/mol. The zero-order valence-corrected chi connectivity index (χ0v) is 6.74. The van der Waals surface area contributed by atoms with E-state index in [4.69, 9.17) is 5.11 Å². The molecule has 0 fully saturated rings. The molecule has 72 valence electrons. The van der Waals surface area contributed by atoms with Crippen LogP contribution in [0, 0.1) is 11.6 Å². The van der Waals surface area contributed by atoms with E-state index in [1.165, 1.54) is 0 Å². The maximum atomic E-state index is 13.1. The summed E-state index contributed by atoms with van der Waals surface area (Å²) in [5.74, 6) is -1.73. The number of carbonyl (C=O) groups is 1. The van der Waals surface area contributed by atoms with Crippen LogP contribution in [-0.2, 0) is 0 Å². The number of rotatable bonds is 0. The molecule has 6 heteroatoms. The Hall–Kier alpha value is -1.98. The number of benzene rings is 1. The molecule has 0 aliphatic carbocycles. The highest BCUT2D eigenvalue weighted by Gasteiger charge is 2.13. The van der Waals surface area contributed by atoms with Gasteiger partial charge in [-0.3, -0.25) is 0 Å². The molecule has 0 saturated heterocycles. The summed E-state index contributed by atoms with van der Waals surface area (Å²) in [6.07, 6.45) is -0.437. The van der Waals surface area contributed by atoms with Crippen molar-refractivity contribution in [2.75, 3.05) is 0 Å². The molecule has 0 spiro atoms. The Morgan fingerprint density at radius 1 is 1.43 bits per heavy atom. The smallest absolute Gasteiger partial charge is 0.417 e. The molecular formula is C8H4F2N2O2. The SMILES string of the molecule is O=C(O)n1cnc2cc(F)cc(F)c21. The van der Waals surface area contributed by atoms with E-state index < -0.39 is 17.7 Å². The number of carboxylic acid groups (broad SMARTS) is 1. The molecule has 0 amide bonds. The molecule has 1 N–H and O–H groups in total. The Morgan fingerprint density at radius 3 is 2.79 bits per heavy atom. The number of imidazole rings is 1. The van der Waals surface area contributed by atoms with Gasteiger partial charge in [0.25, 0.3) is 0 Å². The van der Waals surface area contributed by atoms with Crippen LogP contribution in [0.1, 0.15) is 0 Å². The van der Waals surface area contributed by atoms with Crippen molar-refractivity contribution in [2.45, 2.75) is 0 Å². The summed E-state index contributed by atoms with van der Waals surface area (Å²) in [5, 5.41) is 8.63. The van der Waals surface area contributed by atoms with E-state index in [0.717, 1.165) is 12.4 Å². The predicted octanol–water partition coefficient (Wildman–Crippen LogP) is 1.84. The lowest BCUT2D eigenvalue weighted by atomic mass is 10.3. The lowest BCUT2D eigenvalue weighted by molar-refractivity contribution is 0.197. The maximum absolute atomic E-state index is 13.1. The minimum Gasteiger partial charge on any atom is -0.464 e. The number of nitrogens with zero attached hydrogens (tertiary/aromatic N) is 2. The van der Waals surface area contributed by atoms with E-state index in [1.54, 1.807) is 0 Å². The van der Waals surface area contributed by atoms with E-state index in [2.05, 4.69) is 4.98 Å². The fourth-order valence-corrected chi connectivity index (χ4v) is 1.21. The molecule has 14 heavy (non-hydrogen) atoms. The summed E-state index contributed by atoms with van der Waals surface area (Å²) in [5.41, 5.74) is -0.260. The summed E-state index contributed by atoms with van der Waals surface area (Å²) in [4.78, 5) is 14.1. The van der Waals surface area contributed by atoms with Crippen LogP contribution in [0.25, 0.3) is 11.0 Å². The largest absolute Gasteiger partial charge is 0.464 e. The van der Waals surface area contributed by atoms with Crippen LogP contribution >= 0.6 is 0 Å². The highest BCUT2D eigenvalue weighted by atomic mass is 19.1. The first-order chi connectivity index (χ1) is 6.59. The molecule has 4 nitrogen and oxygen atoms in total. The third-order valence-corrected chi connectivity index (χ3v) is 1.77. The van der Waals surface area contributed by atoms with Crippen molar-refractivity contribution in [3.63, 3.8) is 0 Å². The highest BCUT2D eigenvalue weighted by Crippen LogP contribution is 2.18. The number of hydrogen-bond acceptors (Lipinski definition) is 2. The predicted molar refractivity (Wildman–Crippen MR) is 43.1 cm³/mol. The molecule has 0 radical (unpaired) electrons. The topological polar surface area (TPSA) is 55.1 Å². The number of aromatic nitrogens is 2. The molecule has 0 aliphatic heterocycles. The lowest BCUT2D eigenvalue weighted by Gasteiger charge is -1.97. The van der Waals surface area contributed by atoms with Gasteiger partial charge in [0, 0.05) is 12.1 Å². The summed E-state index contributed by atoms with van der Waals surface area (Å²) >= 11 is 0. The van der Waals surface area contributed by atoms with Gasteiger partial charge in [-0.2, -0.15) is 0 Å². The molecule has 0 bridgehead atoms. The number of fused-ring (bicyclic) bond motifs is 1. The van der Waals surface area contributed by atoms with Gasteiger partial charge in [-0.05, 0) is 0 Å². The van der Waals surface area contributed by atoms with Gasteiger partial charge in [0.15, 0.2) is 5.82 Å². The van der Waals surface area contributed by atoms with Crippen LogP contribution in [0.5, 0.6) is 0 Å². The number of halogens is 2. The van der Waals surface area contributed by atoms with E-state index in [0.29, 0.717) is 10.6 Å². The molecule has 1 aromatic carbocycles. The highest BCUT2D eigenvalue weighted by molar-refractivity contribution is 5.85. The quantitative estimate of drug-likeness (QED) is 0.702. The van der Waals surface area contributed by atoms with Crippen molar-refractivity contribution in [1.29, 1.82) is 0 Å². The Kier molecular flexibility index (Phi) is 1.70. The second kappa shape index (κ2) is 2.76. The standard InChI is InChI=1S/C8H4F2N2O2/c9-4-1-5(10)7-6(2-4)11-3-12(7)8(13)14/h1-3H,(H,13,14). The van der Waals surface area contributed by atoms with Gasteiger partial charge in [0.05, 0.1) is 5.52 Å². The first-order valence-corrected chi connectivity index (χ1v) is 3.65. The third-order valence-electron chi connectivity index (χ3n) is 1.77. The summed E-state index contributed by atoms with van der Waals surface area (Å²) in [6, 6.07) is 1.58. The van der Waals surface area contributed by atoms with Gasteiger partial charge in [-0.15, -0.1) is 0 Å². The third kappa shape index (κ3) is 1.12. The van der Waals surface area contributed by atoms with Crippen molar-refractivity contribution in [3.8, 4) is 0 Å². The average Bonchev–Trinajstić information content (AvgIpc) is 2.47.